The molecule has 1 unspecified atom stereocenters. The number of ether oxygens (including phenoxy) is 2. The van der Waals surface area contributed by atoms with Crippen molar-refractivity contribution in [3.8, 4) is 11.5 Å². The highest BCUT2D eigenvalue weighted by Gasteiger charge is 2.16. The van der Waals surface area contributed by atoms with Crippen LogP contribution in [0.15, 0.2) is 42.0 Å². The molecule has 0 aliphatic heterocycles. The number of rotatable bonds is 7. The fraction of sp³-hybridized carbons (Fsp3) is 0.312. The van der Waals surface area contributed by atoms with Gasteiger partial charge in [-0.2, -0.15) is 0 Å². The van der Waals surface area contributed by atoms with Gasteiger partial charge in [-0.1, -0.05) is 18.2 Å². The van der Waals surface area contributed by atoms with E-state index in [-0.39, 0.29) is 5.91 Å². The number of aliphatic hydroxyl groups excluding tert-OH is 1. The van der Waals surface area contributed by atoms with Gasteiger partial charge >= 0.3 is 0 Å². The summed E-state index contributed by atoms with van der Waals surface area (Å²) in [5.41, 5.74) is 0.138. The average Bonchev–Trinajstić information content (AvgIpc) is 2.56. The van der Waals surface area contributed by atoms with Crippen molar-refractivity contribution in [1.29, 1.82) is 0 Å². The van der Waals surface area contributed by atoms with Crippen LogP contribution in [0, 0.1) is 0 Å². The van der Waals surface area contributed by atoms with Gasteiger partial charge in [-0.05, 0) is 37.9 Å². The van der Waals surface area contributed by atoms with E-state index in [0.717, 1.165) is 11.9 Å². The van der Waals surface area contributed by atoms with E-state index in [1.54, 1.807) is 50.5 Å². The van der Waals surface area contributed by atoms with E-state index in [4.69, 9.17) is 9.47 Å². The van der Waals surface area contributed by atoms with E-state index in [2.05, 4.69) is 4.72 Å². The molecule has 0 heterocycles. The Kier molecular flexibility index (Phi) is 7.56. The smallest absolute Gasteiger partial charge is 0.260 e. The number of allylic oxidation sites excluding steroid dienone is 2. The number of nitrogens with one attached hydrogen (secondary N) is 1. The van der Waals surface area contributed by atoms with Crippen LogP contribution in [0.25, 0.3) is 0 Å². The highest BCUT2D eigenvalue weighted by atomic mass is 32.2. The summed E-state index contributed by atoms with van der Waals surface area (Å²) >= 11 is 0.911. The number of carbonyl (C=O) groups excluding carboxylic acids is 1. The molecule has 6 heteroatoms. The zero-order valence-electron chi connectivity index (χ0n) is 13.1. The Balaban J connectivity index is 2.77. The third kappa shape index (κ3) is 4.82. The Morgan fingerprint density at radius 3 is 2.59 bits per heavy atom. The Hall–Kier alpha value is -1.92. The lowest BCUT2D eigenvalue weighted by Gasteiger charge is -2.15. The van der Waals surface area contributed by atoms with Crippen molar-refractivity contribution >= 4 is 17.9 Å². The van der Waals surface area contributed by atoms with Gasteiger partial charge in [0.15, 0.2) is 0 Å². The van der Waals surface area contributed by atoms with Crippen molar-refractivity contribution < 1.29 is 19.4 Å². The summed E-state index contributed by atoms with van der Waals surface area (Å²) in [6.45, 7) is 3.61. The van der Waals surface area contributed by atoms with Crippen molar-refractivity contribution in [2.45, 2.75) is 19.3 Å². The van der Waals surface area contributed by atoms with Crippen molar-refractivity contribution in [3.63, 3.8) is 0 Å². The molecule has 0 fully saturated rings. The van der Waals surface area contributed by atoms with Gasteiger partial charge < -0.3 is 14.6 Å². The molecule has 1 aromatic carbocycles. The van der Waals surface area contributed by atoms with E-state index in [1.807, 2.05) is 6.92 Å². The highest BCUT2D eigenvalue weighted by Crippen LogP contribution is 2.34. The summed E-state index contributed by atoms with van der Waals surface area (Å²) in [7, 11) is 3.07. The number of hydrogen-bond acceptors (Lipinski definition) is 5. The van der Waals surface area contributed by atoms with Crippen molar-refractivity contribution in [2.75, 3.05) is 14.2 Å². The third-order valence-corrected chi connectivity index (χ3v) is 3.67. The van der Waals surface area contributed by atoms with Gasteiger partial charge in [-0.15, -0.1) is 0 Å². The summed E-state index contributed by atoms with van der Waals surface area (Å²) in [5.74, 6) is 0.858. The number of carbonyl (C=O) groups is 1. The number of amides is 1. The van der Waals surface area contributed by atoms with Crippen LogP contribution < -0.4 is 14.2 Å². The van der Waals surface area contributed by atoms with Crippen LogP contribution in [-0.2, 0) is 4.79 Å². The molecule has 1 amide bonds. The normalized spacial score (nSPS) is 13.0. The van der Waals surface area contributed by atoms with E-state index in [1.165, 1.54) is 7.11 Å². The maximum atomic E-state index is 11.9. The minimum Gasteiger partial charge on any atom is -0.497 e. The topological polar surface area (TPSA) is 67.8 Å². The van der Waals surface area contributed by atoms with Gasteiger partial charge in [0.2, 0.25) is 0 Å². The third-order valence-electron chi connectivity index (χ3n) is 2.89. The Bertz CT molecular complexity index is 569. The maximum absolute atomic E-state index is 11.9. The first kappa shape index (κ1) is 18.1. The number of benzene rings is 1. The lowest BCUT2D eigenvalue weighted by Crippen LogP contribution is -2.19. The molecular formula is C16H21NO4S. The molecule has 1 aromatic rings. The average molecular weight is 323 g/mol. The molecule has 0 saturated heterocycles. The number of methoxy groups -OCH3 is 2. The summed E-state index contributed by atoms with van der Waals surface area (Å²) in [6, 6.07) is 5.10. The molecule has 0 saturated carbocycles. The monoisotopic (exact) mass is 323 g/mol. The van der Waals surface area contributed by atoms with Gasteiger partial charge in [0.25, 0.3) is 5.91 Å². The van der Waals surface area contributed by atoms with Crippen molar-refractivity contribution in [3.05, 3.63) is 47.6 Å². The SMILES string of the molecule is C/C=C\C(=C/C)C(=O)NSC(O)c1ccc(OC)cc1OC. The van der Waals surface area contributed by atoms with Crippen molar-refractivity contribution in [2.24, 2.45) is 0 Å². The molecule has 1 atom stereocenters. The van der Waals surface area contributed by atoms with Gasteiger partial charge in [-0.25, -0.2) is 0 Å². The van der Waals surface area contributed by atoms with Crippen LogP contribution in [0.2, 0.25) is 0 Å². The fourth-order valence-corrected chi connectivity index (χ4v) is 2.39. The number of aliphatic hydroxyl groups is 1. The van der Waals surface area contributed by atoms with Crippen LogP contribution in [0.4, 0.5) is 0 Å². The second-order valence-corrected chi connectivity index (χ2v) is 5.14. The fourth-order valence-electron chi connectivity index (χ4n) is 1.74. The lowest BCUT2D eigenvalue weighted by molar-refractivity contribution is -0.115. The minimum atomic E-state index is -0.950. The standard InChI is InChI=1S/C16H21NO4S/c1-5-7-11(6-2)15(18)17-22-16(19)13-9-8-12(20-3)10-14(13)21-4/h5-10,16,19H,1-4H3,(H,17,18)/b7-5-,11-6+. The molecular weight excluding hydrogens is 302 g/mol. The molecule has 0 spiro atoms. The first-order chi connectivity index (χ1) is 10.6. The van der Waals surface area contributed by atoms with Crippen LogP contribution in [-0.4, -0.2) is 25.2 Å². The quantitative estimate of drug-likeness (QED) is 0.349. The van der Waals surface area contributed by atoms with Gasteiger partial charge in [0.05, 0.1) is 14.2 Å². The predicted molar refractivity (Wildman–Crippen MR) is 88.8 cm³/mol. The number of hydrogen-bond donors (Lipinski definition) is 2. The van der Waals surface area contributed by atoms with Gasteiger partial charge in [-0.3, -0.25) is 9.52 Å². The predicted octanol–water partition coefficient (Wildman–Crippen LogP) is 2.98. The summed E-state index contributed by atoms with van der Waals surface area (Å²) < 4.78 is 13.0. The molecule has 22 heavy (non-hydrogen) atoms. The molecule has 0 radical (unpaired) electrons. The van der Waals surface area contributed by atoms with Crippen LogP contribution in [0.1, 0.15) is 24.8 Å². The molecule has 0 aliphatic carbocycles. The lowest BCUT2D eigenvalue weighted by atomic mass is 10.2. The van der Waals surface area contributed by atoms with Crippen LogP contribution >= 0.6 is 11.9 Å². The van der Waals surface area contributed by atoms with Crippen LogP contribution in [0.5, 0.6) is 11.5 Å². The Morgan fingerprint density at radius 1 is 1.32 bits per heavy atom. The van der Waals surface area contributed by atoms with E-state index in [9.17, 15) is 9.90 Å². The molecule has 0 aromatic heterocycles. The summed E-state index contributed by atoms with van der Waals surface area (Å²) in [6.07, 6.45) is 5.19. The van der Waals surface area contributed by atoms with E-state index < -0.39 is 5.44 Å². The zero-order chi connectivity index (χ0) is 16.5. The molecule has 0 aliphatic rings. The first-order valence-corrected chi connectivity index (χ1v) is 7.60. The Labute approximate surface area is 135 Å². The van der Waals surface area contributed by atoms with E-state index in [0.29, 0.717) is 22.6 Å². The van der Waals surface area contributed by atoms with Gasteiger partial charge in [0, 0.05) is 17.2 Å². The van der Waals surface area contributed by atoms with Crippen LogP contribution in [0.3, 0.4) is 0 Å². The summed E-state index contributed by atoms with van der Waals surface area (Å²) in [4.78, 5) is 11.9. The second kappa shape index (κ2) is 9.17. The largest absolute Gasteiger partial charge is 0.497 e. The molecule has 2 N–H and O–H groups in total. The molecule has 5 nitrogen and oxygen atoms in total. The first-order valence-electron chi connectivity index (χ1n) is 6.72. The molecule has 1 rings (SSSR count). The highest BCUT2D eigenvalue weighted by molar-refractivity contribution is 7.98. The van der Waals surface area contributed by atoms with E-state index >= 15 is 0 Å². The molecule has 0 bridgehead atoms. The molecule has 120 valence electrons. The van der Waals surface area contributed by atoms with Gasteiger partial charge in [0.1, 0.15) is 16.9 Å². The second-order valence-electron chi connectivity index (χ2n) is 4.25. The van der Waals surface area contributed by atoms with Crippen molar-refractivity contribution in [1.82, 2.24) is 4.72 Å². The summed E-state index contributed by atoms with van der Waals surface area (Å²) in [5, 5.41) is 10.2. The Morgan fingerprint density at radius 2 is 2.05 bits per heavy atom. The minimum absolute atomic E-state index is 0.267. The zero-order valence-corrected chi connectivity index (χ0v) is 13.9. The maximum Gasteiger partial charge on any atom is 0.260 e.